The van der Waals surface area contributed by atoms with Crippen molar-refractivity contribution >= 4 is 46.3 Å². The molecule has 2 heterocycles. The molecule has 2 aromatic carbocycles. The molecule has 0 saturated carbocycles. The molecule has 1 saturated heterocycles. The van der Waals surface area contributed by atoms with Crippen LogP contribution in [0.3, 0.4) is 0 Å². The quantitative estimate of drug-likeness (QED) is 0.602. The third-order valence-corrected chi connectivity index (χ3v) is 7.41. The number of carbonyl (C=O) groups is 3. The summed E-state index contributed by atoms with van der Waals surface area (Å²) in [5.41, 5.74) is 3.64. The van der Waals surface area contributed by atoms with Crippen LogP contribution < -0.4 is 15.0 Å². The van der Waals surface area contributed by atoms with Crippen LogP contribution in [-0.2, 0) is 9.59 Å². The van der Waals surface area contributed by atoms with Gasteiger partial charge in [0.15, 0.2) is 0 Å². The highest BCUT2D eigenvalue weighted by Crippen LogP contribution is 2.45. The van der Waals surface area contributed by atoms with Crippen molar-refractivity contribution in [1.29, 1.82) is 0 Å². The topological polar surface area (TPSA) is 79.0 Å². The van der Waals surface area contributed by atoms with Crippen LogP contribution in [-0.4, -0.2) is 48.2 Å². The normalized spacial score (nSPS) is 20.5. The van der Waals surface area contributed by atoms with Gasteiger partial charge in [-0.25, -0.2) is 0 Å². The Morgan fingerprint density at radius 1 is 1.24 bits per heavy atom. The second kappa shape index (κ2) is 9.18. The largest absolute Gasteiger partial charge is 0.496 e. The van der Waals surface area contributed by atoms with Crippen LogP contribution in [0.5, 0.6) is 5.75 Å². The summed E-state index contributed by atoms with van der Waals surface area (Å²) in [6, 6.07) is 13.0. The number of nitrogens with one attached hydrogen (secondary N) is 1. The first kappa shape index (κ1) is 23.9. The maximum atomic E-state index is 13.0. The molecule has 4 rings (SSSR count). The number of hydrogen-bond donors (Lipinski definition) is 1. The molecule has 1 fully saturated rings. The monoisotopic (exact) mass is 479 g/mol. The van der Waals surface area contributed by atoms with Gasteiger partial charge in [-0.2, -0.15) is 0 Å². The maximum Gasteiger partial charge on any atom is 0.294 e. The minimum Gasteiger partial charge on any atom is -0.496 e. The summed E-state index contributed by atoms with van der Waals surface area (Å²) in [6.07, 6.45) is 2.68. The molecular weight excluding hydrogens is 450 g/mol. The van der Waals surface area contributed by atoms with E-state index in [4.69, 9.17) is 4.74 Å². The molecule has 2 aromatic rings. The summed E-state index contributed by atoms with van der Waals surface area (Å²) < 4.78 is 5.64. The molecule has 0 aliphatic carbocycles. The highest BCUT2D eigenvalue weighted by Gasteiger charge is 2.38. The van der Waals surface area contributed by atoms with Crippen molar-refractivity contribution in [2.24, 2.45) is 0 Å². The highest BCUT2D eigenvalue weighted by molar-refractivity contribution is 8.18. The van der Waals surface area contributed by atoms with Crippen LogP contribution >= 0.6 is 11.8 Å². The fourth-order valence-corrected chi connectivity index (χ4v) is 5.37. The highest BCUT2D eigenvalue weighted by atomic mass is 32.2. The van der Waals surface area contributed by atoms with Gasteiger partial charge in [-0.05, 0) is 67.8 Å². The van der Waals surface area contributed by atoms with E-state index >= 15 is 0 Å². The van der Waals surface area contributed by atoms with E-state index in [1.807, 2.05) is 18.2 Å². The van der Waals surface area contributed by atoms with Crippen molar-refractivity contribution in [3.05, 3.63) is 58.5 Å². The van der Waals surface area contributed by atoms with Gasteiger partial charge < -0.3 is 15.0 Å². The fourth-order valence-electron chi connectivity index (χ4n) is 4.54. The Kier molecular flexibility index (Phi) is 6.45. The second-order valence-corrected chi connectivity index (χ2v) is 10.3. The van der Waals surface area contributed by atoms with Crippen LogP contribution in [0.25, 0.3) is 6.08 Å². The Morgan fingerprint density at radius 3 is 2.62 bits per heavy atom. The zero-order valence-corrected chi connectivity index (χ0v) is 20.9. The minimum absolute atomic E-state index is 0.0158. The third-order valence-electron chi connectivity index (χ3n) is 6.50. The van der Waals surface area contributed by atoms with Crippen molar-refractivity contribution in [2.75, 3.05) is 30.9 Å². The van der Waals surface area contributed by atoms with Gasteiger partial charge >= 0.3 is 0 Å². The molecule has 0 spiro atoms. The van der Waals surface area contributed by atoms with Crippen molar-refractivity contribution in [3.63, 3.8) is 0 Å². The third kappa shape index (κ3) is 4.55. The van der Waals surface area contributed by atoms with Gasteiger partial charge in [-0.3, -0.25) is 19.3 Å². The number of nitrogens with zero attached hydrogens (tertiary/aromatic N) is 2. The van der Waals surface area contributed by atoms with Gasteiger partial charge in [-0.15, -0.1) is 0 Å². The number of para-hydroxylation sites is 1. The Morgan fingerprint density at radius 2 is 1.94 bits per heavy atom. The van der Waals surface area contributed by atoms with Crippen molar-refractivity contribution < 1.29 is 19.1 Å². The number of amides is 3. The molecule has 1 atom stereocenters. The molecule has 2 aliphatic rings. The number of benzene rings is 2. The molecule has 0 radical (unpaired) electrons. The molecule has 34 heavy (non-hydrogen) atoms. The summed E-state index contributed by atoms with van der Waals surface area (Å²) >= 11 is 0.835. The molecule has 0 aromatic heterocycles. The lowest BCUT2D eigenvalue weighted by atomic mass is 9.80. The summed E-state index contributed by atoms with van der Waals surface area (Å²) in [5.74, 6) is 0.0463. The SMILES string of the molecule is COc1cc2c(cc1/C=C1/SC(=O)N(CC(=O)Nc3ccccc3)C1=O)C(C)CC(C)(C)N2C. The van der Waals surface area contributed by atoms with E-state index in [2.05, 4.69) is 38.0 Å². The summed E-state index contributed by atoms with van der Waals surface area (Å²) in [7, 11) is 3.67. The number of imide groups is 1. The molecule has 2 aliphatic heterocycles. The van der Waals surface area contributed by atoms with Crippen molar-refractivity contribution in [1.82, 2.24) is 4.90 Å². The first-order chi connectivity index (χ1) is 16.1. The lowest BCUT2D eigenvalue weighted by molar-refractivity contribution is -0.127. The summed E-state index contributed by atoms with van der Waals surface area (Å²) in [5, 5.41) is 2.24. The van der Waals surface area contributed by atoms with Gasteiger partial charge in [0.25, 0.3) is 11.1 Å². The first-order valence-electron chi connectivity index (χ1n) is 11.2. The predicted octanol–water partition coefficient (Wildman–Crippen LogP) is 5.09. The Bertz CT molecular complexity index is 1180. The molecule has 3 amide bonds. The standard InChI is InChI=1S/C26H29N3O4S/c1-16-14-26(2,3)28(4)20-13-21(33-5)17(11-19(16)20)12-22-24(31)29(25(32)34-22)15-23(30)27-18-9-7-6-8-10-18/h6-13,16H,14-15H2,1-5H3,(H,27,30)/b22-12+. The average Bonchev–Trinajstić information content (AvgIpc) is 3.05. The Labute approximate surface area is 204 Å². The molecule has 178 valence electrons. The van der Waals surface area contributed by atoms with Crippen LogP contribution in [0.15, 0.2) is 47.4 Å². The van der Waals surface area contributed by atoms with E-state index in [1.165, 1.54) is 5.56 Å². The molecule has 1 unspecified atom stereocenters. The van der Waals surface area contributed by atoms with Gasteiger partial charge in [0.2, 0.25) is 5.91 Å². The predicted molar refractivity (Wildman–Crippen MR) is 136 cm³/mol. The number of carbonyl (C=O) groups excluding carboxylic acids is 3. The van der Waals surface area contributed by atoms with E-state index in [0.717, 1.165) is 34.3 Å². The number of rotatable bonds is 5. The summed E-state index contributed by atoms with van der Waals surface area (Å²) in [4.78, 5) is 41.4. The number of hydrogen-bond acceptors (Lipinski definition) is 6. The van der Waals surface area contributed by atoms with Crippen LogP contribution in [0.4, 0.5) is 16.2 Å². The van der Waals surface area contributed by atoms with Gasteiger partial charge in [0, 0.05) is 35.6 Å². The van der Waals surface area contributed by atoms with Gasteiger partial charge in [-0.1, -0.05) is 25.1 Å². The van der Waals surface area contributed by atoms with Crippen molar-refractivity contribution in [2.45, 2.75) is 38.6 Å². The Hall–Kier alpha value is -3.26. The van der Waals surface area contributed by atoms with E-state index in [0.29, 0.717) is 17.4 Å². The number of anilines is 2. The van der Waals surface area contributed by atoms with Crippen LogP contribution in [0.1, 0.15) is 44.2 Å². The maximum absolute atomic E-state index is 13.0. The van der Waals surface area contributed by atoms with E-state index in [1.54, 1.807) is 37.5 Å². The van der Waals surface area contributed by atoms with Crippen LogP contribution in [0, 0.1) is 0 Å². The van der Waals surface area contributed by atoms with Crippen LogP contribution in [0.2, 0.25) is 0 Å². The first-order valence-corrected chi connectivity index (χ1v) is 12.0. The van der Waals surface area contributed by atoms with E-state index in [9.17, 15) is 14.4 Å². The zero-order chi connectivity index (χ0) is 24.6. The van der Waals surface area contributed by atoms with Gasteiger partial charge in [0.05, 0.1) is 12.0 Å². The molecule has 7 nitrogen and oxygen atoms in total. The lowest BCUT2D eigenvalue weighted by Crippen LogP contribution is -2.45. The Balaban J connectivity index is 1.58. The minimum atomic E-state index is -0.482. The second-order valence-electron chi connectivity index (χ2n) is 9.31. The molecule has 8 heteroatoms. The number of methoxy groups -OCH3 is 1. The van der Waals surface area contributed by atoms with Crippen molar-refractivity contribution in [3.8, 4) is 5.75 Å². The summed E-state index contributed by atoms with van der Waals surface area (Å²) in [6.45, 7) is 6.30. The molecule has 1 N–H and O–H groups in total. The van der Waals surface area contributed by atoms with Gasteiger partial charge in [0.1, 0.15) is 12.3 Å². The smallest absolute Gasteiger partial charge is 0.294 e. The van der Waals surface area contributed by atoms with E-state index < -0.39 is 17.1 Å². The van der Waals surface area contributed by atoms with E-state index in [-0.39, 0.29) is 17.0 Å². The molecular formula is C26H29N3O4S. The average molecular weight is 480 g/mol. The number of fused-ring (bicyclic) bond motifs is 1. The fraction of sp³-hybridized carbons (Fsp3) is 0.346. The lowest BCUT2D eigenvalue weighted by Gasteiger charge is -2.45. The number of ether oxygens (including phenoxy) is 1. The molecule has 0 bridgehead atoms. The zero-order valence-electron chi connectivity index (χ0n) is 20.0. The number of thioether (sulfide) groups is 1.